The Labute approximate surface area is 130 Å². The molecule has 0 atom stereocenters. The molecule has 2 aliphatic rings. The van der Waals surface area contributed by atoms with Crippen LogP contribution < -0.4 is 0 Å². The summed E-state index contributed by atoms with van der Waals surface area (Å²) in [5.74, 6) is 2.49. The first-order valence-electron chi connectivity index (χ1n) is 7.11. The number of nitrogens with zero attached hydrogens (tertiary/aromatic N) is 2. The van der Waals surface area contributed by atoms with Crippen LogP contribution in [0.4, 0.5) is 4.39 Å². The van der Waals surface area contributed by atoms with Crippen LogP contribution in [-0.4, -0.2) is 9.55 Å². The van der Waals surface area contributed by atoms with E-state index in [1.807, 2.05) is 0 Å². The van der Waals surface area contributed by atoms with E-state index in [-0.39, 0.29) is 5.82 Å². The van der Waals surface area contributed by atoms with E-state index >= 15 is 0 Å². The van der Waals surface area contributed by atoms with Crippen LogP contribution in [0.25, 0.3) is 11.0 Å². The lowest BCUT2D eigenvalue weighted by atomic mass is 10.1. The molecule has 2 nitrogen and oxygen atoms in total. The van der Waals surface area contributed by atoms with Gasteiger partial charge in [-0.2, -0.15) is 0 Å². The first-order chi connectivity index (χ1) is 9.69. The zero-order valence-corrected chi connectivity index (χ0v) is 13.3. The van der Waals surface area contributed by atoms with Gasteiger partial charge in [0, 0.05) is 12.1 Å². The Morgan fingerprint density at radius 1 is 1.30 bits per heavy atom. The Balaban J connectivity index is 1.93. The van der Waals surface area contributed by atoms with Gasteiger partial charge in [0.15, 0.2) is 0 Å². The first-order valence-corrected chi connectivity index (χ1v) is 8.43. The zero-order valence-electron chi connectivity index (χ0n) is 11.0. The summed E-state index contributed by atoms with van der Waals surface area (Å²) in [4.78, 5) is 4.61. The summed E-state index contributed by atoms with van der Waals surface area (Å²) >= 11 is 9.32. The van der Waals surface area contributed by atoms with Gasteiger partial charge < -0.3 is 4.57 Å². The van der Waals surface area contributed by atoms with Crippen molar-refractivity contribution in [2.75, 3.05) is 0 Å². The standard InChI is InChI=1S/C15H15BrClFN2/c16-10-5-12-13(6-11(10)18)20(14(7-17)19-12)15(8-1-2-8)9-3-4-9/h5-6,8-9,15H,1-4,7H2. The SMILES string of the molecule is Fc1cc2c(cc1Br)nc(CCl)n2C(C1CC1)C1CC1. The number of rotatable bonds is 4. The number of imidazole rings is 1. The molecule has 0 bridgehead atoms. The highest BCUT2D eigenvalue weighted by atomic mass is 79.9. The Morgan fingerprint density at radius 3 is 2.50 bits per heavy atom. The van der Waals surface area contributed by atoms with Gasteiger partial charge in [0.2, 0.25) is 0 Å². The van der Waals surface area contributed by atoms with Gasteiger partial charge in [-0.3, -0.25) is 0 Å². The van der Waals surface area contributed by atoms with E-state index in [2.05, 4.69) is 25.5 Å². The van der Waals surface area contributed by atoms with Gasteiger partial charge in [0.05, 0.1) is 21.4 Å². The molecule has 0 saturated heterocycles. The second kappa shape index (κ2) is 4.70. The lowest BCUT2D eigenvalue weighted by Crippen LogP contribution is -2.16. The maximum absolute atomic E-state index is 13.9. The molecule has 0 spiro atoms. The summed E-state index contributed by atoms with van der Waals surface area (Å²) < 4.78 is 16.6. The smallest absolute Gasteiger partial charge is 0.139 e. The molecular weight excluding hydrogens is 343 g/mol. The maximum Gasteiger partial charge on any atom is 0.139 e. The van der Waals surface area contributed by atoms with Crippen molar-refractivity contribution in [1.29, 1.82) is 0 Å². The molecule has 1 heterocycles. The van der Waals surface area contributed by atoms with Gasteiger partial charge in [-0.05, 0) is 59.5 Å². The van der Waals surface area contributed by atoms with Crippen LogP contribution >= 0.6 is 27.5 Å². The minimum Gasteiger partial charge on any atom is -0.323 e. The molecule has 1 aromatic carbocycles. The molecule has 5 heteroatoms. The normalized spacial score (nSPS) is 19.2. The van der Waals surface area contributed by atoms with Crippen LogP contribution in [-0.2, 0) is 5.88 Å². The average molecular weight is 358 g/mol. The molecule has 2 aliphatic carbocycles. The van der Waals surface area contributed by atoms with E-state index in [4.69, 9.17) is 11.6 Å². The average Bonchev–Trinajstić information content (AvgIpc) is 3.31. The van der Waals surface area contributed by atoms with E-state index < -0.39 is 0 Å². The van der Waals surface area contributed by atoms with Crippen molar-refractivity contribution in [3.63, 3.8) is 0 Å². The van der Waals surface area contributed by atoms with E-state index in [9.17, 15) is 4.39 Å². The Hall–Kier alpha value is -0.610. The molecule has 0 radical (unpaired) electrons. The molecule has 0 aliphatic heterocycles. The molecule has 4 rings (SSSR count). The monoisotopic (exact) mass is 356 g/mol. The number of hydrogen-bond acceptors (Lipinski definition) is 1. The van der Waals surface area contributed by atoms with Crippen molar-refractivity contribution in [3.8, 4) is 0 Å². The second-order valence-corrected chi connectivity index (χ2v) is 7.07. The summed E-state index contributed by atoms with van der Waals surface area (Å²) in [6, 6.07) is 3.82. The van der Waals surface area contributed by atoms with Crippen molar-refractivity contribution in [1.82, 2.24) is 9.55 Å². The zero-order chi connectivity index (χ0) is 13.9. The minimum absolute atomic E-state index is 0.231. The number of alkyl halides is 1. The van der Waals surface area contributed by atoms with Crippen molar-refractivity contribution in [3.05, 3.63) is 28.2 Å². The summed E-state index contributed by atoms with van der Waals surface area (Å²) in [5, 5.41) is 0. The lowest BCUT2D eigenvalue weighted by Gasteiger charge is -2.21. The first kappa shape index (κ1) is 13.1. The van der Waals surface area contributed by atoms with Crippen LogP contribution in [0.3, 0.4) is 0 Å². The van der Waals surface area contributed by atoms with Crippen LogP contribution in [0, 0.1) is 17.7 Å². The van der Waals surface area contributed by atoms with Gasteiger partial charge in [0.25, 0.3) is 0 Å². The lowest BCUT2D eigenvalue weighted by molar-refractivity contribution is 0.395. The van der Waals surface area contributed by atoms with Gasteiger partial charge in [-0.15, -0.1) is 11.6 Å². The number of aromatic nitrogens is 2. The van der Waals surface area contributed by atoms with Crippen LogP contribution in [0.2, 0.25) is 0 Å². The summed E-state index contributed by atoms with van der Waals surface area (Å²) in [5.41, 5.74) is 1.73. The number of hydrogen-bond donors (Lipinski definition) is 0. The van der Waals surface area contributed by atoms with Gasteiger partial charge >= 0.3 is 0 Å². The molecule has 20 heavy (non-hydrogen) atoms. The van der Waals surface area contributed by atoms with Crippen molar-refractivity contribution in [2.45, 2.75) is 37.6 Å². The van der Waals surface area contributed by atoms with Gasteiger partial charge in [-0.25, -0.2) is 9.37 Å². The quantitative estimate of drug-likeness (QED) is 0.701. The Kier molecular flexibility index (Phi) is 3.08. The third-order valence-electron chi connectivity index (χ3n) is 4.43. The van der Waals surface area contributed by atoms with E-state index in [1.165, 1.54) is 25.7 Å². The van der Waals surface area contributed by atoms with Crippen molar-refractivity contribution in [2.24, 2.45) is 11.8 Å². The molecule has 2 aromatic rings. The van der Waals surface area contributed by atoms with E-state index in [0.717, 1.165) is 28.7 Å². The number of benzene rings is 1. The highest BCUT2D eigenvalue weighted by Crippen LogP contribution is 2.53. The summed E-state index contributed by atoms with van der Waals surface area (Å²) in [6.07, 6.45) is 5.12. The molecule has 0 N–H and O–H groups in total. The predicted molar refractivity (Wildman–Crippen MR) is 81.4 cm³/mol. The van der Waals surface area contributed by atoms with Crippen LogP contribution in [0.15, 0.2) is 16.6 Å². The topological polar surface area (TPSA) is 17.8 Å². The highest BCUT2D eigenvalue weighted by molar-refractivity contribution is 9.10. The molecule has 2 saturated carbocycles. The predicted octanol–water partition coefficient (Wildman–Crippen LogP) is 5.04. The molecule has 2 fully saturated rings. The molecule has 1 aromatic heterocycles. The highest BCUT2D eigenvalue weighted by Gasteiger charge is 2.43. The number of halogens is 3. The third-order valence-corrected chi connectivity index (χ3v) is 5.28. The van der Waals surface area contributed by atoms with E-state index in [1.54, 1.807) is 12.1 Å². The fraction of sp³-hybridized carbons (Fsp3) is 0.533. The molecule has 0 unspecified atom stereocenters. The van der Waals surface area contributed by atoms with Crippen molar-refractivity contribution >= 4 is 38.6 Å². The Morgan fingerprint density at radius 2 is 1.95 bits per heavy atom. The van der Waals surface area contributed by atoms with Gasteiger partial charge in [-0.1, -0.05) is 0 Å². The van der Waals surface area contributed by atoms with E-state index in [0.29, 0.717) is 16.4 Å². The summed E-state index contributed by atoms with van der Waals surface area (Å²) in [6.45, 7) is 0. The third kappa shape index (κ3) is 2.08. The largest absolute Gasteiger partial charge is 0.323 e. The minimum atomic E-state index is -0.231. The fourth-order valence-electron chi connectivity index (χ4n) is 3.25. The number of fused-ring (bicyclic) bond motifs is 1. The van der Waals surface area contributed by atoms with Crippen molar-refractivity contribution < 1.29 is 4.39 Å². The van der Waals surface area contributed by atoms with Crippen LogP contribution in [0.5, 0.6) is 0 Å². The fourth-order valence-corrected chi connectivity index (χ4v) is 3.77. The molecule has 106 valence electrons. The Bertz CT molecular complexity index is 664. The second-order valence-electron chi connectivity index (χ2n) is 5.95. The molecule has 0 amide bonds. The van der Waals surface area contributed by atoms with Gasteiger partial charge in [0.1, 0.15) is 11.6 Å². The molecular formula is C15H15BrClFN2. The van der Waals surface area contributed by atoms with Crippen LogP contribution in [0.1, 0.15) is 37.5 Å². The maximum atomic E-state index is 13.9. The summed E-state index contributed by atoms with van der Waals surface area (Å²) in [7, 11) is 0.